The lowest BCUT2D eigenvalue weighted by Crippen LogP contribution is -2.66. The van der Waals surface area contributed by atoms with E-state index in [0.717, 1.165) is 6.07 Å². The van der Waals surface area contributed by atoms with Gasteiger partial charge in [0.15, 0.2) is 0 Å². The number of benzene rings is 2. The molecule has 0 unspecified atom stereocenters. The number of phenolic OH excluding ortho intramolecular Hbond substituents is 1. The number of nitrogens with zero attached hydrogens (tertiary/aromatic N) is 5. The number of hydrogen-bond donors (Lipinski definition) is 2. The summed E-state index contributed by atoms with van der Waals surface area (Å²) in [6, 6.07) is 8.86. The molecule has 1 saturated heterocycles. The predicted molar refractivity (Wildman–Crippen MR) is 178 cm³/mol. The summed E-state index contributed by atoms with van der Waals surface area (Å²) in [5, 5.41) is 11.0. The van der Waals surface area contributed by atoms with Crippen LogP contribution in [-0.4, -0.2) is 69.5 Å². The number of nitrogens with two attached hydrogens (primary N) is 1. The van der Waals surface area contributed by atoms with E-state index in [0.29, 0.717) is 16.6 Å². The Morgan fingerprint density at radius 1 is 1.13 bits per heavy atom. The van der Waals surface area contributed by atoms with E-state index in [1.807, 2.05) is 20.8 Å². The normalized spacial score (nSPS) is 17.6. The van der Waals surface area contributed by atoms with Gasteiger partial charge in [0.1, 0.15) is 28.9 Å². The zero-order valence-corrected chi connectivity index (χ0v) is 26.9. The highest BCUT2D eigenvalue weighted by molar-refractivity contribution is 6.34. The number of piperazine rings is 1. The molecule has 4 aromatic rings. The van der Waals surface area contributed by atoms with Crippen LogP contribution >= 0.6 is 11.6 Å². The highest BCUT2D eigenvalue weighted by Crippen LogP contribution is 2.45. The highest BCUT2D eigenvalue weighted by atomic mass is 35.5. The summed E-state index contributed by atoms with van der Waals surface area (Å²) in [5.41, 5.74) is 5.85. The maximum atomic E-state index is 15.3. The molecule has 0 radical (unpaired) electrons. The Balaban J connectivity index is 1.80. The minimum absolute atomic E-state index is 0.00225. The van der Waals surface area contributed by atoms with Crippen LogP contribution in [0.25, 0.3) is 28.0 Å². The summed E-state index contributed by atoms with van der Waals surface area (Å²) in [6.07, 6.45) is 1.19. The van der Waals surface area contributed by atoms with Gasteiger partial charge in [0.2, 0.25) is 5.91 Å². The van der Waals surface area contributed by atoms with Crippen LogP contribution in [0.2, 0.25) is 5.02 Å². The Hall–Kier alpha value is -5.23. The number of pyridine rings is 2. The third kappa shape index (κ3) is 4.82. The van der Waals surface area contributed by atoms with Gasteiger partial charge in [-0.2, -0.15) is 0 Å². The standard InChI is InChI=1S/C34H32ClFN6O5/c1-6-25(44)40-14-17(4)41-23(15-40)33(46)39(5)30-29(41)20-13-21(35)27(26-22(36)11-8-12-24(26)43)38-32(20)42(34(30)47)28-18(16(2)3)9-7-10-19(28)31(37)45/h6-13,16-17,23,43H,1,14-15H2,2-5H3,(H2,37,45)/t17-,23+/m0/s1. The van der Waals surface area contributed by atoms with Crippen molar-refractivity contribution in [1.29, 1.82) is 0 Å². The number of anilines is 2. The first kappa shape index (κ1) is 31.7. The first-order chi connectivity index (χ1) is 22.3. The molecule has 2 aliphatic heterocycles. The van der Waals surface area contributed by atoms with Gasteiger partial charge in [-0.05, 0) is 48.7 Å². The molecule has 0 aliphatic carbocycles. The molecule has 0 bridgehead atoms. The summed E-state index contributed by atoms with van der Waals surface area (Å²) in [4.78, 5) is 63.7. The molecule has 47 heavy (non-hydrogen) atoms. The second-order valence-electron chi connectivity index (χ2n) is 12.0. The van der Waals surface area contributed by atoms with Crippen molar-refractivity contribution in [2.45, 2.75) is 38.8 Å². The molecule has 0 spiro atoms. The fraction of sp³-hybridized carbons (Fsp3) is 0.265. The molecule has 2 aromatic heterocycles. The molecule has 0 saturated carbocycles. The highest BCUT2D eigenvalue weighted by Gasteiger charge is 2.47. The van der Waals surface area contributed by atoms with Crippen molar-refractivity contribution in [3.8, 4) is 22.7 Å². The van der Waals surface area contributed by atoms with Crippen LogP contribution < -0.4 is 21.1 Å². The van der Waals surface area contributed by atoms with Crippen LogP contribution in [0.15, 0.2) is 59.9 Å². The molecule has 2 atom stereocenters. The van der Waals surface area contributed by atoms with Crippen molar-refractivity contribution in [2.24, 2.45) is 5.73 Å². The number of rotatable bonds is 5. The van der Waals surface area contributed by atoms with Crippen molar-refractivity contribution in [3.63, 3.8) is 0 Å². The number of aromatic nitrogens is 2. The van der Waals surface area contributed by atoms with E-state index in [1.54, 1.807) is 17.0 Å². The van der Waals surface area contributed by atoms with Gasteiger partial charge in [0.05, 0.1) is 39.8 Å². The zero-order chi connectivity index (χ0) is 34.1. The lowest BCUT2D eigenvalue weighted by molar-refractivity contribution is -0.129. The molecule has 4 heterocycles. The van der Waals surface area contributed by atoms with Gasteiger partial charge in [-0.1, -0.05) is 50.2 Å². The summed E-state index contributed by atoms with van der Waals surface area (Å²) >= 11 is 6.82. The molecule has 3 N–H and O–H groups in total. The van der Waals surface area contributed by atoms with Crippen molar-refractivity contribution in [2.75, 3.05) is 29.9 Å². The average molecular weight is 659 g/mol. The predicted octanol–water partition coefficient (Wildman–Crippen LogP) is 4.34. The smallest absolute Gasteiger partial charge is 0.282 e. The number of likely N-dealkylation sites (N-methyl/N-ethyl adjacent to an activating group) is 1. The molecule has 242 valence electrons. The Kier molecular flexibility index (Phi) is 7.79. The van der Waals surface area contributed by atoms with Gasteiger partial charge < -0.3 is 25.5 Å². The van der Waals surface area contributed by atoms with Crippen molar-refractivity contribution < 1.29 is 23.9 Å². The van der Waals surface area contributed by atoms with Gasteiger partial charge >= 0.3 is 0 Å². The third-order valence-corrected chi connectivity index (χ3v) is 9.13. The topological polar surface area (TPSA) is 142 Å². The molecule has 6 rings (SSSR count). The number of hydrogen-bond acceptors (Lipinski definition) is 7. The minimum Gasteiger partial charge on any atom is -0.507 e. The third-order valence-electron chi connectivity index (χ3n) is 8.84. The maximum Gasteiger partial charge on any atom is 0.282 e. The van der Waals surface area contributed by atoms with Crippen molar-refractivity contribution in [1.82, 2.24) is 14.5 Å². The first-order valence-corrected chi connectivity index (χ1v) is 15.3. The monoisotopic (exact) mass is 658 g/mol. The first-order valence-electron chi connectivity index (χ1n) is 15.0. The number of carbonyl (C=O) groups is 3. The maximum absolute atomic E-state index is 15.3. The average Bonchev–Trinajstić information content (AvgIpc) is 3.02. The number of aromatic hydroxyl groups is 1. The van der Waals surface area contributed by atoms with Crippen LogP contribution in [0.4, 0.5) is 15.8 Å². The van der Waals surface area contributed by atoms with Crippen molar-refractivity contribution in [3.05, 3.63) is 87.4 Å². The van der Waals surface area contributed by atoms with Crippen molar-refractivity contribution >= 4 is 51.7 Å². The van der Waals surface area contributed by atoms with Crippen LogP contribution in [0.5, 0.6) is 5.75 Å². The van der Waals surface area contributed by atoms with Gasteiger partial charge in [-0.25, -0.2) is 9.37 Å². The van der Waals surface area contributed by atoms with Crippen LogP contribution in [-0.2, 0) is 9.59 Å². The number of phenols is 1. The van der Waals surface area contributed by atoms with E-state index >= 15 is 4.39 Å². The number of fused-ring (bicyclic) bond motifs is 5. The Morgan fingerprint density at radius 3 is 2.47 bits per heavy atom. The molecular formula is C34H32ClFN6O5. The molecule has 3 amide bonds. The number of halogens is 2. The Morgan fingerprint density at radius 2 is 1.83 bits per heavy atom. The van der Waals surface area contributed by atoms with Crippen LogP contribution in [0.3, 0.4) is 0 Å². The second kappa shape index (κ2) is 11.5. The molecular weight excluding hydrogens is 627 g/mol. The summed E-state index contributed by atoms with van der Waals surface area (Å²) in [7, 11) is 1.47. The van der Waals surface area contributed by atoms with Gasteiger partial charge in [-0.15, -0.1) is 0 Å². The van der Waals surface area contributed by atoms with E-state index in [4.69, 9.17) is 22.3 Å². The fourth-order valence-electron chi connectivity index (χ4n) is 6.73. The van der Waals surface area contributed by atoms with Gasteiger partial charge in [-0.3, -0.25) is 23.7 Å². The summed E-state index contributed by atoms with van der Waals surface area (Å²) in [6.45, 7) is 9.43. The quantitative estimate of drug-likeness (QED) is 0.304. The van der Waals surface area contributed by atoms with E-state index in [1.165, 1.54) is 51.8 Å². The number of amides is 3. The molecule has 2 aliphatic rings. The van der Waals surface area contributed by atoms with Crippen LogP contribution in [0.1, 0.15) is 42.6 Å². The zero-order valence-electron chi connectivity index (χ0n) is 26.1. The number of carbonyl (C=O) groups excluding carboxylic acids is 3. The van der Waals surface area contributed by atoms with E-state index in [9.17, 15) is 24.3 Å². The molecule has 2 aromatic carbocycles. The summed E-state index contributed by atoms with van der Waals surface area (Å²) in [5.74, 6) is -2.98. The molecule has 11 nitrogen and oxygen atoms in total. The van der Waals surface area contributed by atoms with E-state index in [-0.39, 0.29) is 63.8 Å². The molecule has 1 fully saturated rings. The lowest BCUT2D eigenvalue weighted by Gasteiger charge is -2.50. The Bertz CT molecular complexity index is 2080. The van der Waals surface area contributed by atoms with E-state index in [2.05, 4.69) is 6.58 Å². The van der Waals surface area contributed by atoms with E-state index < -0.39 is 41.0 Å². The summed E-state index contributed by atoms with van der Waals surface area (Å²) < 4.78 is 16.5. The Labute approximate surface area is 274 Å². The fourth-order valence-corrected chi connectivity index (χ4v) is 6.97. The van der Waals surface area contributed by atoms with Crippen LogP contribution in [0, 0.1) is 5.82 Å². The van der Waals surface area contributed by atoms with Gasteiger partial charge in [0.25, 0.3) is 17.4 Å². The lowest BCUT2D eigenvalue weighted by atomic mass is 9.95. The van der Waals surface area contributed by atoms with Gasteiger partial charge in [0, 0.05) is 25.0 Å². The number of para-hydroxylation sites is 1. The second-order valence-corrected chi connectivity index (χ2v) is 12.4. The molecule has 13 heteroatoms. The largest absolute Gasteiger partial charge is 0.507 e. The minimum atomic E-state index is -0.864. The SMILES string of the molecule is C=CC(=O)N1C[C@@H]2C(=O)N(C)c3c(c4cc(Cl)c(-c5c(O)cccc5F)nc4n(-c4c(C(N)=O)cccc4C(C)C)c3=O)N2[C@@H](C)C1. The number of primary amides is 1.